The molecule has 2 heterocycles. The van der Waals surface area contributed by atoms with Crippen molar-refractivity contribution >= 4 is 16.0 Å². The number of rotatable bonds is 4. The molecule has 1 fully saturated rings. The van der Waals surface area contributed by atoms with Gasteiger partial charge in [0.2, 0.25) is 10.9 Å². The summed E-state index contributed by atoms with van der Waals surface area (Å²) in [5, 5.41) is 17.7. The summed E-state index contributed by atoms with van der Waals surface area (Å²) in [5.74, 6) is -1.74. The van der Waals surface area contributed by atoms with Gasteiger partial charge in [-0.05, 0) is 25.0 Å². The molecule has 0 radical (unpaired) electrons. The number of aliphatic hydroxyl groups is 1. The Kier molecular flexibility index (Phi) is 4.46. The molecule has 7 nitrogen and oxygen atoms in total. The van der Waals surface area contributed by atoms with Crippen LogP contribution in [0.4, 0.5) is 0 Å². The number of hydrogen-bond donors (Lipinski definition) is 2. The van der Waals surface area contributed by atoms with E-state index < -0.39 is 32.9 Å². The highest BCUT2D eigenvalue weighted by Gasteiger charge is 2.34. The van der Waals surface area contributed by atoms with E-state index in [0.717, 1.165) is 25.0 Å². The molecule has 1 unspecified atom stereocenters. The topological polar surface area (TPSA) is 108 Å². The zero-order chi connectivity index (χ0) is 14.8. The minimum atomic E-state index is -3.92. The molecule has 0 aliphatic carbocycles. The largest absolute Gasteiger partial charge is 0.475 e. The lowest BCUT2D eigenvalue weighted by molar-refractivity contribution is 0.0656. The van der Waals surface area contributed by atoms with Gasteiger partial charge in [-0.2, -0.15) is 4.31 Å². The average Bonchev–Trinajstić information content (AvgIpc) is 2.78. The lowest BCUT2D eigenvalue weighted by atomic mass is 10.1. The number of hydrogen-bond acceptors (Lipinski definition) is 5. The number of carbonyl (C=O) groups is 1. The molecule has 0 amide bonds. The van der Waals surface area contributed by atoms with Crippen molar-refractivity contribution in [2.24, 2.45) is 0 Å². The smallest absolute Gasteiger partial charge is 0.371 e. The molecular weight excluding hydrogens is 286 g/mol. The number of furan rings is 1. The van der Waals surface area contributed by atoms with Crippen molar-refractivity contribution in [3.05, 3.63) is 17.9 Å². The summed E-state index contributed by atoms with van der Waals surface area (Å²) in [6.45, 7) is 0.0440. The van der Waals surface area contributed by atoms with Crippen LogP contribution < -0.4 is 0 Å². The molecule has 20 heavy (non-hydrogen) atoms. The summed E-state index contributed by atoms with van der Waals surface area (Å²) < 4.78 is 31.0. The monoisotopic (exact) mass is 303 g/mol. The van der Waals surface area contributed by atoms with Crippen LogP contribution in [-0.2, 0) is 10.0 Å². The fraction of sp³-hybridized carbons (Fsp3) is 0.583. The number of nitrogens with zero attached hydrogens (tertiary/aromatic N) is 1. The molecule has 0 aromatic carbocycles. The maximum Gasteiger partial charge on any atom is 0.371 e. The highest BCUT2D eigenvalue weighted by atomic mass is 32.2. The van der Waals surface area contributed by atoms with Gasteiger partial charge in [0.1, 0.15) is 0 Å². The fourth-order valence-corrected chi connectivity index (χ4v) is 3.94. The first-order chi connectivity index (χ1) is 9.46. The van der Waals surface area contributed by atoms with Crippen LogP contribution in [0.5, 0.6) is 0 Å². The van der Waals surface area contributed by atoms with Crippen molar-refractivity contribution in [3.63, 3.8) is 0 Å². The van der Waals surface area contributed by atoms with E-state index in [1.54, 1.807) is 0 Å². The van der Waals surface area contributed by atoms with Gasteiger partial charge in [-0.3, -0.25) is 0 Å². The van der Waals surface area contributed by atoms with Crippen LogP contribution in [0.25, 0.3) is 0 Å². The first kappa shape index (κ1) is 15.0. The maximum atomic E-state index is 12.5. The van der Waals surface area contributed by atoms with Crippen molar-refractivity contribution in [1.29, 1.82) is 0 Å². The lowest BCUT2D eigenvalue weighted by Gasteiger charge is -2.26. The van der Waals surface area contributed by atoms with E-state index in [9.17, 15) is 18.3 Å². The van der Waals surface area contributed by atoms with Crippen LogP contribution >= 0.6 is 0 Å². The quantitative estimate of drug-likeness (QED) is 0.855. The van der Waals surface area contributed by atoms with E-state index >= 15 is 0 Å². The zero-order valence-electron chi connectivity index (χ0n) is 10.9. The second-order valence-corrected chi connectivity index (χ2v) is 6.55. The third-order valence-corrected chi connectivity index (χ3v) is 5.22. The van der Waals surface area contributed by atoms with Gasteiger partial charge >= 0.3 is 5.97 Å². The zero-order valence-corrected chi connectivity index (χ0v) is 11.7. The molecule has 1 atom stereocenters. The SMILES string of the molecule is O=C(O)c1ccc(S(=O)(=O)N2CCCCCC2CO)o1. The Hall–Kier alpha value is -1.38. The number of sulfonamides is 1. The molecule has 1 aliphatic heterocycles. The average molecular weight is 303 g/mol. The normalized spacial score (nSPS) is 21.6. The van der Waals surface area contributed by atoms with Crippen LogP contribution in [0.1, 0.15) is 36.2 Å². The lowest BCUT2D eigenvalue weighted by Crippen LogP contribution is -2.41. The van der Waals surface area contributed by atoms with Crippen LogP contribution in [-0.4, -0.2) is 48.1 Å². The third-order valence-electron chi connectivity index (χ3n) is 3.39. The van der Waals surface area contributed by atoms with Crippen LogP contribution in [0.3, 0.4) is 0 Å². The summed E-state index contributed by atoms with van der Waals surface area (Å²) in [5.41, 5.74) is 0. The molecule has 1 aliphatic rings. The van der Waals surface area contributed by atoms with Gasteiger partial charge in [0.05, 0.1) is 6.61 Å². The minimum Gasteiger partial charge on any atom is -0.475 e. The van der Waals surface area contributed by atoms with Crippen LogP contribution in [0, 0.1) is 0 Å². The summed E-state index contributed by atoms with van der Waals surface area (Å²) in [7, 11) is -3.92. The van der Waals surface area contributed by atoms with E-state index in [1.807, 2.05) is 0 Å². The van der Waals surface area contributed by atoms with Crippen LogP contribution in [0.2, 0.25) is 0 Å². The van der Waals surface area contributed by atoms with Crippen LogP contribution in [0.15, 0.2) is 21.6 Å². The van der Waals surface area contributed by atoms with Gasteiger partial charge in [0.25, 0.3) is 10.0 Å². The second-order valence-electron chi connectivity index (χ2n) is 4.73. The van der Waals surface area contributed by atoms with E-state index in [-0.39, 0.29) is 6.61 Å². The number of carboxylic acids is 1. The first-order valence-electron chi connectivity index (χ1n) is 6.42. The second kappa shape index (κ2) is 5.94. The van der Waals surface area contributed by atoms with Crippen molar-refractivity contribution in [1.82, 2.24) is 4.31 Å². The Morgan fingerprint density at radius 3 is 2.70 bits per heavy atom. The highest BCUT2D eigenvalue weighted by molar-refractivity contribution is 7.89. The van der Waals surface area contributed by atoms with Gasteiger partial charge in [0, 0.05) is 12.6 Å². The van der Waals surface area contributed by atoms with E-state index in [0.29, 0.717) is 19.4 Å². The molecule has 1 aromatic heterocycles. The Labute approximate surface area is 116 Å². The van der Waals surface area contributed by atoms with Crippen molar-refractivity contribution in [2.75, 3.05) is 13.2 Å². The van der Waals surface area contributed by atoms with E-state index in [1.165, 1.54) is 4.31 Å². The molecule has 8 heteroatoms. The van der Waals surface area contributed by atoms with Gasteiger partial charge < -0.3 is 14.6 Å². The molecule has 0 saturated carbocycles. The third kappa shape index (κ3) is 2.87. The molecule has 2 rings (SSSR count). The molecule has 2 N–H and O–H groups in total. The minimum absolute atomic E-state index is 0.258. The Balaban J connectivity index is 2.33. The summed E-state index contributed by atoms with van der Waals surface area (Å²) >= 11 is 0. The summed E-state index contributed by atoms with van der Waals surface area (Å²) in [6, 6.07) is 1.76. The molecule has 0 spiro atoms. The van der Waals surface area contributed by atoms with Gasteiger partial charge in [0.15, 0.2) is 0 Å². The summed E-state index contributed by atoms with van der Waals surface area (Å²) in [4.78, 5) is 10.8. The fourth-order valence-electron chi connectivity index (χ4n) is 2.34. The van der Waals surface area contributed by atoms with Gasteiger partial charge in [-0.15, -0.1) is 0 Å². The first-order valence-corrected chi connectivity index (χ1v) is 7.86. The Morgan fingerprint density at radius 1 is 1.35 bits per heavy atom. The summed E-state index contributed by atoms with van der Waals surface area (Å²) in [6.07, 6.45) is 3.06. The van der Waals surface area contributed by atoms with E-state index in [4.69, 9.17) is 9.52 Å². The maximum absolute atomic E-state index is 12.5. The highest BCUT2D eigenvalue weighted by Crippen LogP contribution is 2.25. The standard InChI is InChI=1S/C12H17NO6S/c14-8-9-4-2-1-3-7-13(9)20(17,18)11-6-5-10(19-11)12(15)16/h5-6,9,14H,1-4,7-8H2,(H,15,16). The predicted molar refractivity (Wildman–Crippen MR) is 68.9 cm³/mol. The number of carboxylic acid groups (broad SMARTS) is 1. The molecule has 1 saturated heterocycles. The number of aliphatic hydroxyl groups excluding tert-OH is 1. The van der Waals surface area contributed by atoms with Crippen molar-refractivity contribution in [2.45, 2.75) is 36.8 Å². The molecular formula is C12H17NO6S. The Bertz CT molecular complexity index is 579. The Morgan fingerprint density at radius 2 is 2.10 bits per heavy atom. The molecule has 1 aromatic rings. The van der Waals surface area contributed by atoms with Gasteiger partial charge in [-0.25, -0.2) is 13.2 Å². The predicted octanol–water partition coefficient (Wildman–Crippen LogP) is 0.903. The van der Waals surface area contributed by atoms with Crippen molar-refractivity contribution in [3.8, 4) is 0 Å². The number of aromatic carboxylic acids is 1. The van der Waals surface area contributed by atoms with Crippen molar-refractivity contribution < 1.29 is 27.8 Å². The molecule has 112 valence electrons. The van der Waals surface area contributed by atoms with Gasteiger partial charge in [-0.1, -0.05) is 12.8 Å². The molecule has 0 bridgehead atoms. The van der Waals surface area contributed by atoms with E-state index in [2.05, 4.69) is 0 Å².